The Hall–Kier alpha value is -2.23. The fraction of sp³-hybridized carbons (Fsp3) is 0.278. The van der Waals surface area contributed by atoms with Gasteiger partial charge in [-0.05, 0) is 30.3 Å². The summed E-state index contributed by atoms with van der Waals surface area (Å²) in [5, 5.41) is 10.4. The number of piperazine rings is 1. The number of hydrogen-bond donors (Lipinski definition) is 0. The molecule has 3 rings (SSSR count). The first kappa shape index (κ1) is 17.6. The Morgan fingerprint density at radius 3 is 2.76 bits per heavy atom. The van der Waals surface area contributed by atoms with Crippen LogP contribution in [0.2, 0.25) is 5.02 Å². The van der Waals surface area contributed by atoms with E-state index in [4.69, 9.17) is 16.9 Å². The Labute approximate surface area is 156 Å². The Balaban J connectivity index is 1.52. The number of amides is 1. The zero-order chi connectivity index (χ0) is 17.6. The summed E-state index contributed by atoms with van der Waals surface area (Å²) in [6, 6.07) is 13.3. The van der Waals surface area contributed by atoms with Crippen molar-refractivity contribution in [2.75, 3.05) is 36.8 Å². The van der Waals surface area contributed by atoms with Gasteiger partial charge in [-0.3, -0.25) is 4.79 Å². The van der Waals surface area contributed by atoms with Gasteiger partial charge in [0.05, 0.1) is 11.3 Å². The Morgan fingerprint density at radius 1 is 1.24 bits per heavy atom. The molecule has 0 aliphatic carbocycles. The molecular weight excluding hydrogens is 356 g/mol. The maximum atomic E-state index is 12.4. The molecule has 1 fully saturated rings. The zero-order valence-corrected chi connectivity index (χ0v) is 15.1. The molecule has 1 aliphatic rings. The van der Waals surface area contributed by atoms with Gasteiger partial charge < -0.3 is 9.80 Å². The van der Waals surface area contributed by atoms with Crippen LogP contribution >= 0.6 is 23.4 Å². The summed E-state index contributed by atoms with van der Waals surface area (Å²) in [7, 11) is 0. The molecule has 1 aliphatic heterocycles. The van der Waals surface area contributed by atoms with Crippen LogP contribution < -0.4 is 4.90 Å². The van der Waals surface area contributed by atoms with Crippen LogP contribution in [-0.2, 0) is 4.79 Å². The third-order valence-corrected chi connectivity index (χ3v) is 5.25. The van der Waals surface area contributed by atoms with Gasteiger partial charge in [-0.25, -0.2) is 4.98 Å². The SMILES string of the molecule is N#Cc1cccnc1SCC(=O)N1CCN(c2cccc(Cl)c2)CC1. The normalized spacial score (nSPS) is 14.2. The van der Waals surface area contributed by atoms with Crippen molar-refractivity contribution in [3.05, 3.63) is 53.2 Å². The summed E-state index contributed by atoms with van der Waals surface area (Å²) in [5.41, 5.74) is 1.59. The van der Waals surface area contributed by atoms with E-state index >= 15 is 0 Å². The van der Waals surface area contributed by atoms with Crippen LogP contribution in [0.4, 0.5) is 5.69 Å². The van der Waals surface area contributed by atoms with E-state index in [0.29, 0.717) is 29.4 Å². The smallest absolute Gasteiger partial charge is 0.233 e. The summed E-state index contributed by atoms with van der Waals surface area (Å²) >= 11 is 7.36. The monoisotopic (exact) mass is 372 g/mol. The molecule has 1 aromatic heterocycles. The van der Waals surface area contributed by atoms with Crippen molar-refractivity contribution in [3.63, 3.8) is 0 Å². The number of halogens is 1. The van der Waals surface area contributed by atoms with Gasteiger partial charge in [0.2, 0.25) is 5.91 Å². The van der Waals surface area contributed by atoms with Gasteiger partial charge in [0.1, 0.15) is 11.1 Å². The molecule has 1 aromatic carbocycles. The Kier molecular flexibility index (Phi) is 5.79. The Morgan fingerprint density at radius 2 is 2.04 bits per heavy atom. The van der Waals surface area contributed by atoms with Crippen molar-refractivity contribution >= 4 is 35.0 Å². The molecule has 5 nitrogen and oxygen atoms in total. The minimum atomic E-state index is 0.0743. The van der Waals surface area contributed by atoms with Gasteiger partial charge in [-0.2, -0.15) is 5.26 Å². The van der Waals surface area contributed by atoms with Crippen LogP contribution in [-0.4, -0.2) is 47.7 Å². The highest BCUT2D eigenvalue weighted by Gasteiger charge is 2.21. The van der Waals surface area contributed by atoms with Gasteiger partial charge in [0.15, 0.2) is 0 Å². The summed E-state index contributed by atoms with van der Waals surface area (Å²) < 4.78 is 0. The summed E-state index contributed by atoms with van der Waals surface area (Å²) in [4.78, 5) is 20.7. The number of carbonyl (C=O) groups is 1. The molecule has 7 heteroatoms. The number of rotatable bonds is 4. The second kappa shape index (κ2) is 8.24. The summed E-state index contributed by atoms with van der Waals surface area (Å²) in [6.07, 6.45) is 1.64. The summed E-state index contributed by atoms with van der Waals surface area (Å²) in [5.74, 6) is 0.369. The van der Waals surface area contributed by atoms with E-state index in [1.807, 2.05) is 29.2 Å². The molecule has 0 saturated carbocycles. The largest absolute Gasteiger partial charge is 0.368 e. The minimum Gasteiger partial charge on any atom is -0.368 e. The summed E-state index contributed by atoms with van der Waals surface area (Å²) in [6.45, 7) is 2.92. The van der Waals surface area contributed by atoms with Crippen molar-refractivity contribution < 1.29 is 4.79 Å². The van der Waals surface area contributed by atoms with Gasteiger partial charge in [0, 0.05) is 43.1 Å². The lowest BCUT2D eigenvalue weighted by Crippen LogP contribution is -2.49. The highest BCUT2D eigenvalue weighted by atomic mass is 35.5. The predicted molar refractivity (Wildman–Crippen MR) is 99.9 cm³/mol. The molecule has 0 bridgehead atoms. The molecule has 128 valence electrons. The van der Waals surface area contributed by atoms with Crippen LogP contribution in [0.5, 0.6) is 0 Å². The molecular formula is C18H17ClN4OS. The number of nitrogens with zero attached hydrogens (tertiary/aromatic N) is 4. The third kappa shape index (κ3) is 4.44. The first-order valence-corrected chi connectivity index (χ1v) is 9.30. The lowest BCUT2D eigenvalue weighted by molar-refractivity contribution is -0.128. The second-order valence-electron chi connectivity index (χ2n) is 5.60. The van der Waals surface area contributed by atoms with Gasteiger partial charge in [-0.15, -0.1) is 0 Å². The molecule has 1 saturated heterocycles. The molecule has 0 spiro atoms. The average molecular weight is 373 g/mol. The van der Waals surface area contributed by atoms with Crippen molar-refractivity contribution in [1.82, 2.24) is 9.88 Å². The standard InChI is InChI=1S/C18H17ClN4OS/c19-15-4-1-5-16(11-15)22-7-9-23(10-8-22)17(24)13-25-18-14(12-20)3-2-6-21-18/h1-6,11H,7-10,13H2. The quantitative estimate of drug-likeness (QED) is 0.772. The number of carbonyl (C=O) groups excluding carboxylic acids is 1. The van der Waals surface area contributed by atoms with Gasteiger partial charge >= 0.3 is 0 Å². The molecule has 0 atom stereocenters. The Bertz CT molecular complexity index is 800. The van der Waals surface area contributed by atoms with Gasteiger partial charge in [-0.1, -0.05) is 29.4 Å². The molecule has 1 amide bonds. The van der Waals surface area contributed by atoms with Crippen LogP contribution in [0.25, 0.3) is 0 Å². The van der Waals surface area contributed by atoms with Gasteiger partial charge in [0.25, 0.3) is 0 Å². The number of pyridine rings is 1. The van der Waals surface area contributed by atoms with E-state index < -0.39 is 0 Å². The molecule has 2 heterocycles. The number of benzene rings is 1. The maximum Gasteiger partial charge on any atom is 0.233 e. The fourth-order valence-electron chi connectivity index (χ4n) is 2.70. The minimum absolute atomic E-state index is 0.0743. The van der Waals surface area contributed by atoms with Crippen LogP contribution in [0.3, 0.4) is 0 Å². The van der Waals surface area contributed by atoms with Crippen LogP contribution in [0.1, 0.15) is 5.56 Å². The lowest BCUT2D eigenvalue weighted by atomic mass is 10.2. The van der Waals surface area contributed by atoms with Crippen LogP contribution in [0, 0.1) is 11.3 Å². The number of anilines is 1. The number of thioether (sulfide) groups is 1. The average Bonchev–Trinajstić information content (AvgIpc) is 2.66. The fourth-order valence-corrected chi connectivity index (χ4v) is 3.73. The first-order valence-electron chi connectivity index (χ1n) is 7.93. The van der Waals surface area contributed by atoms with Crippen molar-refractivity contribution in [1.29, 1.82) is 5.26 Å². The van der Waals surface area contributed by atoms with Crippen molar-refractivity contribution in [2.24, 2.45) is 0 Å². The lowest BCUT2D eigenvalue weighted by Gasteiger charge is -2.36. The number of nitriles is 1. The van der Waals surface area contributed by atoms with E-state index in [1.165, 1.54) is 11.8 Å². The van der Waals surface area contributed by atoms with E-state index in [-0.39, 0.29) is 5.91 Å². The highest BCUT2D eigenvalue weighted by Crippen LogP contribution is 2.22. The van der Waals surface area contributed by atoms with E-state index in [1.54, 1.807) is 18.3 Å². The number of hydrogen-bond acceptors (Lipinski definition) is 5. The van der Waals surface area contributed by atoms with Crippen LogP contribution in [0.15, 0.2) is 47.6 Å². The predicted octanol–water partition coefficient (Wildman–Crippen LogP) is 3.05. The third-order valence-electron chi connectivity index (χ3n) is 4.03. The molecule has 0 N–H and O–H groups in total. The molecule has 25 heavy (non-hydrogen) atoms. The first-order chi connectivity index (χ1) is 12.2. The topological polar surface area (TPSA) is 60.2 Å². The zero-order valence-electron chi connectivity index (χ0n) is 13.6. The molecule has 0 unspecified atom stereocenters. The molecule has 2 aromatic rings. The maximum absolute atomic E-state index is 12.4. The number of aromatic nitrogens is 1. The van der Waals surface area contributed by atoms with E-state index in [2.05, 4.69) is 16.0 Å². The van der Waals surface area contributed by atoms with E-state index in [9.17, 15) is 4.79 Å². The molecule has 0 radical (unpaired) electrons. The van der Waals surface area contributed by atoms with Crippen molar-refractivity contribution in [3.8, 4) is 6.07 Å². The highest BCUT2D eigenvalue weighted by molar-refractivity contribution is 7.99. The second-order valence-corrected chi connectivity index (χ2v) is 7.00. The van der Waals surface area contributed by atoms with E-state index in [0.717, 1.165) is 23.8 Å². The van der Waals surface area contributed by atoms with Crippen molar-refractivity contribution in [2.45, 2.75) is 5.03 Å².